The average Bonchev–Trinajstić information content (AvgIpc) is 2.75. The zero-order valence-corrected chi connectivity index (χ0v) is 17.3. The molecule has 0 bridgehead atoms. The van der Waals surface area contributed by atoms with Crippen LogP contribution in [-0.2, 0) is 9.47 Å². The fourth-order valence-electron chi connectivity index (χ4n) is 3.77. The van der Waals surface area contributed by atoms with Gasteiger partial charge in [-0.15, -0.1) is 0 Å². The van der Waals surface area contributed by atoms with Crippen LogP contribution >= 0.6 is 0 Å². The van der Waals surface area contributed by atoms with E-state index in [1.165, 1.54) is 11.1 Å². The largest absolute Gasteiger partial charge is 0.489 e. The summed E-state index contributed by atoms with van der Waals surface area (Å²) in [5.74, 6) is 0.543. The molecule has 170 valence electrons. The molecular formula is C21H26F3N3O4. The predicted octanol–water partition coefficient (Wildman–Crippen LogP) is 4.21. The van der Waals surface area contributed by atoms with Crippen molar-refractivity contribution in [3.63, 3.8) is 0 Å². The van der Waals surface area contributed by atoms with E-state index in [0.29, 0.717) is 37.2 Å². The van der Waals surface area contributed by atoms with E-state index in [0.717, 1.165) is 32.6 Å². The number of halogens is 3. The summed E-state index contributed by atoms with van der Waals surface area (Å²) >= 11 is 0. The van der Waals surface area contributed by atoms with E-state index < -0.39 is 18.4 Å². The molecular weight excluding hydrogens is 415 g/mol. The number of amides is 1. The van der Waals surface area contributed by atoms with Crippen molar-refractivity contribution < 1.29 is 32.2 Å². The summed E-state index contributed by atoms with van der Waals surface area (Å²) in [6.45, 7) is 1.45. The smallest absolute Gasteiger partial charge is 0.425 e. The van der Waals surface area contributed by atoms with Crippen molar-refractivity contribution >= 4 is 6.09 Å². The van der Waals surface area contributed by atoms with Gasteiger partial charge in [0.2, 0.25) is 0 Å². The number of ether oxygens (including phenoxy) is 3. The van der Waals surface area contributed by atoms with Crippen LogP contribution < -0.4 is 4.74 Å². The number of carbonyl (C=O) groups excluding carboxylic acids is 1. The molecule has 0 radical (unpaired) electrons. The van der Waals surface area contributed by atoms with Gasteiger partial charge in [0, 0.05) is 25.5 Å². The zero-order chi connectivity index (χ0) is 22.4. The fraction of sp³-hybridized carbons (Fsp3) is 0.667. The summed E-state index contributed by atoms with van der Waals surface area (Å²) in [6.07, 6.45) is -0.0947. The van der Waals surface area contributed by atoms with E-state index in [-0.39, 0.29) is 18.3 Å². The maximum atomic E-state index is 12.5. The van der Waals surface area contributed by atoms with Crippen LogP contribution in [0.25, 0.3) is 0 Å². The van der Waals surface area contributed by atoms with Crippen molar-refractivity contribution in [1.82, 2.24) is 9.88 Å². The highest BCUT2D eigenvalue weighted by molar-refractivity contribution is 5.68. The predicted molar refractivity (Wildman–Crippen MR) is 103 cm³/mol. The highest BCUT2D eigenvalue weighted by atomic mass is 19.4. The first-order chi connectivity index (χ1) is 14.8. The highest BCUT2D eigenvalue weighted by Gasteiger charge is 2.40. The van der Waals surface area contributed by atoms with Gasteiger partial charge in [0.05, 0.1) is 18.3 Å². The van der Waals surface area contributed by atoms with Gasteiger partial charge in [0.25, 0.3) is 0 Å². The summed E-state index contributed by atoms with van der Waals surface area (Å²) in [5, 5.41) is 9.13. The fourth-order valence-corrected chi connectivity index (χ4v) is 3.77. The Hall–Kier alpha value is -2.54. The first-order valence-corrected chi connectivity index (χ1v) is 10.4. The quantitative estimate of drug-likeness (QED) is 0.681. The number of carbonyl (C=O) groups is 1. The molecule has 2 heterocycles. The second kappa shape index (κ2) is 10.2. The lowest BCUT2D eigenvalue weighted by atomic mass is 9.94. The van der Waals surface area contributed by atoms with Crippen LogP contribution in [0.1, 0.15) is 51.0 Å². The van der Waals surface area contributed by atoms with Crippen LogP contribution in [0.4, 0.5) is 18.0 Å². The highest BCUT2D eigenvalue weighted by Crippen LogP contribution is 2.29. The van der Waals surface area contributed by atoms with Gasteiger partial charge in [-0.1, -0.05) is 0 Å². The lowest BCUT2D eigenvalue weighted by Crippen LogP contribution is -2.44. The van der Waals surface area contributed by atoms with Gasteiger partial charge in [-0.05, 0) is 51.5 Å². The maximum absolute atomic E-state index is 12.5. The number of nitrogens with zero attached hydrogens (tertiary/aromatic N) is 3. The van der Waals surface area contributed by atoms with Crippen LogP contribution in [0.5, 0.6) is 5.75 Å². The van der Waals surface area contributed by atoms with Gasteiger partial charge >= 0.3 is 12.3 Å². The Bertz CT molecular complexity index is 783. The number of piperidine rings is 1. The van der Waals surface area contributed by atoms with Crippen LogP contribution in [0, 0.1) is 11.3 Å². The zero-order valence-electron chi connectivity index (χ0n) is 17.3. The molecule has 10 heteroatoms. The van der Waals surface area contributed by atoms with Crippen molar-refractivity contribution in [2.75, 3.05) is 13.1 Å². The topological polar surface area (TPSA) is 84.7 Å². The molecule has 1 aromatic heterocycles. The number of likely N-dealkylation sites (tertiary alicyclic amines) is 1. The summed E-state index contributed by atoms with van der Waals surface area (Å²) in [6, 6.07) is 3.76. The second-order valence-electron chi connectivity index (χ2n) is 7.89. The molecule has 0 aromatic carbocycles. The third-order valence-electron chi connectivity index (χ3n) is 5.64. The van der Waals surface area contributed by atoms with Crippen molar-refractivity contribution in [2.45, 2.75) is 76.0 Å². The van der Waals surface area contributed by atoms with Gasteiger partial charge in [-0.2, -0.15) is 18.4 Å². The standard InChI is InChI=1S/C21H26F3N3O4/c1-14(21(22,23)24)29-20(28)27-10-7-18(8-11-27)30-16-2-4-17(5-3-16)31-19-6-9-26-13-15(19)12-25/h6,9,13-14,16-18H,2-5,7-8,10-11H2,1H3/t14-,16?,17?/m1/s1. The monoisotopic (exact) mass is 441 g/mol. The van der Waals surface area contributed by atoms with E-state index in [9.17, 15) is 18.0 Å². The number of rotatable bonds is 5. The minimum atomic E-state index is -4.56. The third kappa shape index (κ3) is 6.47. The Morgan fingerprint density at radius 3 is 2.39 bits per heavy atom. The molecule has 0 unspecified atom stereocenters. The molecule has 3 rings (SSSR count). The van der Waals surface area contributed by atoms with Crippen molar-refractivity contribution in [1.29, 1.82) is 5.26 Å². The molecule has 1 aromatic rings. The van der Waals surface area contributed by atoms with E-state index in [4.69, 9.17) is 14.7 Å². The average molecular weight is 441 g/mol. The first kappa shape index (κ1) is 23.1. The molecule has 1 saturated heterocycles. The van der Waals surface area contributed by atoms with Gasteiger partial charge in [0.15, 0.2) is 6.10 Å². The summed E-state index contributed by atoms with van der Waals surface area (Å²) in [4.78, 5) is 17.1. The Labute approximate surface area is 179 Å². The number of nitriles is 1. The maximum Gasteiger partial charge on any atom is 0.425 e. The Balaban J connectivity index is 1.37. The molecule has 0 spiro atoms. The Morgan fingerprint density at radius 2 is 1.77 bits per heavy atom. The SMILES string of the molecule is C[C@@H](OC(=O)N1CCC(OC2CCC(Oc3ccncc3C#N)CC2)CC1)C(F)(F)F. The van der Waals surface area contributed by atoms with Gasteiger partial charge in [-0.3, -0.25) is 4.98 Å². The Morgan fingerprint density at radius 1 is 1.16 bits per heavy atom. The molecule has 31 heavy (non-hydrogen) atoms. The number of hydrogen-bond acceptors (Lipinski definition) is 6. The summed E-state index contributed by atoms with van der Waals surface area (Å²) in [5.41, 5.74) is 0.413. The lowest BCUT2D eigenvalue weighted by Gasteiger charge is -2.36. The minimum Gasteiger partial charge on any atom is -0.489 e. The lowest BCUT2D eigenvalue weighted by molar-refractivity contribution is -0.200. The van der Waals surface area contributed by atoms with Gasteiger partial charge < -0.3 is 19.1 Å². The Kier molecular flexibility index (Phi) is 7.59. The molecule has 7 nitrogen and oxygen atoms in total. The van der Waals surface area contributed by atoms with Crippen LogP contribution in [0.15, 0.2) is 18.5 Å². The molecule has 1 aliphatic heterocycles. The van der Waals surface area contributed by atoms with E-state index in [1.807, 2.05) is 0 Å². The number of alkyl halides is 3. The van der Waals surface area contributed by atoms with E-state index in [1.54, 1.807) is 12.3 Å². The van der Waals surface area contributed by atoms with Crippen molar-refractivity contribution in [2.24, 2.45) is 0 Å². The number of hydrogen-bond donors (Lipinski definition) is 0. The first-order valence-electron chi connectivity index (χ1n) is 10.4. The molecule has 2 aliphatic rings. The van der Waals surface area contributed by atoms with Crippen LogP contribution in [-0.4, -0.2) is 59.7 Å². The van der Waals surface area contributed by atoms with Crippen molar-refractivity contribution in [3.8, 4) is 11.8 Å². The van der Waals surface area contributed by atoms with E-state index >= 15 is 0 Å². The van der Waals surface area contributed by atoms with E-state index in [2.05, 4.69) is 15.8 Å². The van der Waals surface area contributed by atoms with Crippen LogP contribution in [0.2, 0.25) is 0 Å². The molecule has 1 aliphatic carbocycles. The summed E-state index contributed by atoms with van der Waals surface area (Å²) in [7, 11) is 0. The molecule has 1 amide bonds. The van der Waals surface area contributed by atoms with Gasteiger partial charge in [0.1, 0.15) is 17.4 Å². The normalized spacial score (nSPS) is 23.6. The molecule has 0 N–H and O–H groups in total. The molecule has 1 atom stereocenters. The number of pyridine rings is 1. The number of aromatic nitrogens is 1. The van der Waals surface area contributed by atoms with Crippen molar-refractivity contribution in [3.05, 3.63) is 24.0 Å². The summed E-state index contributed by atoms with van der Waals surface area (Å²) < 4.78 is 54.3. The minimum absolute atomic E-state index is 0.0154. The molecule has 1 saturated carbocycles. The second-order valence-corrected chi connectivity index (χ2v) is 7.89. The van der Waals surface area contributed by atoms with Gasteiger partial charge in [-0.25, -0.2) is 4.79 Å². The van der Waals surface area contributed by atoms with Crippen LogP contribution in [0.3, 0.4) is 0 Å². The molecule has 2 fully saturated rings. The third-order valence-corrected chi connectivity index (χ3v) is 5.64.